The zero-order valence-electron chi connectivity index (χ0n) is 11.4. The lowest BCUT2D eigenvalue weighted by atomic mass is 9.97. The lowest BCUT2D eigenvalue weighted by Crippen LogP contribution is -2.43. The second-order valence-corrected chi connectivity index (χ2v) is 5.40. The lowest BCUT2D eigenvalue weighted by molar-refractivity contribution is -0.137. The average Bonchev–Trinajstić information content (AvgIpc) is 2.83. The Morgan fingerprint density at radius 2 is 2.15 bits per heavy atom. The Labute approximate surface area is 116 Å². The molecule has 1 amide bonds. The normalized spacial score (nSPS) is 11.5. The molecular formula is C14H17N3O3. The molecule has 1 heterocycles. The van der Waals surface area contributed by atoms with Crippen molar-refractivity contribution in [3.63, 3.8) is 0 Å². The Bertz CT molecular complexity index is 646. The van der Waals surface area contributed by atoms with Crippen LogP contribution < -0.4 is 5.32 Å². The van der Waals surface area contributed by atoms with Crippen molar-refractivity contribution in [2.24, 2.45) is 0 Å². The number of aliphatic carboxylic acids is 1. The van der Waals surface area contributed by atoms with Crippen molar-refractivity contribution < 1.29 is 14.7 Å². The number of aromatic amines is 1. The molecule has 0 bridgehead atoms. The summed E-state index contributed by atoms with van der Waals surface area (Å²) in [5.74, 6) is -1.09. The molecule has 0 atom stereocenters. The summed E-state index contributed by atoms with van der Waals surface area (Å²) in [5.41, 5.74) is 0.829. The van der Waals surface area contributed by atoms with Crippen LogP contribution >= 0.6 is 0 Å². The van der Waals surface area contributed by atoms with Crippen molar-refractivity contribution in [2.75, 3.05) is 0 Å². The molecule has 6 nitrogen and oxygen atoms in total. The molecule has 20 heavy (non-hydrogen) atoms. The van der Waals surface area contributed by atoms with Crippen LogP contribution in [0.1, 0.15) is 37.0 Å². The van der Waals surface area contributed by atoms with Gasteiger partial charge in [-0.2, -0.15) is 5.10 Å². The zero-order valence-corrected chi connectivity index (χ0v) is 11.4. The number of H-pyrrole nitrogens is 1. The van der Waals surface area contributed by atoms with E-state index in [2.05, 4.69) is 15.5 Å². The molecule has 0 radical (unpaired) electrons. The van der Waals surface area contributed by atoms with Crippen LogP contribution in [0.4, 0.5) is 0 Å². The molecule has 0 spiro atoms. The fraction of sp³-hybridized carbons (Fsp3) is 0.357. The predicted octanol–water partition coefficient (Wildman–Crippen LogP) is 1.94. The first-order valence-electron chi connectivity index (χ1n) is 6.35. The Kier molecular flexibility index (Phi) is 3.74. The first-order valence-corrected chi connectivity index (χ1v) is 6.35. The SMILES string of the molecule is CC(C)(CCC(=O)O)NC(=O)c1ccc2[nH]ncc2c1. The number of nitrogens with zero attached hydrogens (tertiary/aromatic N) is 1. The smallest absolute Gasteiger partial charge is 0.303 e. The summed E-state index contributed by atoms with van der Waals surface area (Å²) in [6.45, 7) is 3.62. The molecule has 2 rings (SSSR count). The molecule has 0 unspecified atom stereocenters. The highest BCUT2D eigenvalue weighted by Crippen LogP contribution is 2.16. The highest BCUT2D eigenvalue weighted by atomic mass is 16.4. The van der Waals surface area contributed by atoms with E-state index in [1.54, 1.807) is 24.4 Å². The molecule has 6 heteroatoms. The highest BCUT2D eigenvalue weighted by molar-refractivity contribution is 5.98. The van der Waals surface area contributed by atoms with Gasteiger partial charge in [-0.3, -0.25) is 14.7 Å². The van der Waals surface area contributed by atoms with Gasteiger partial charge >= 0.3 is 5.97 Å². The molecule has 0 aliphatic rings. The van der Waals surface area contributed by atoms with E-state index >= 15 is 0 Å². The molecule has 3 N–H and O–H groups in total. The number of aromatic nitrogens is 2. The summed E-state index contributed by atoms with van der Waals surface area (Å²) < 4.78 is 0. The summed E-state index contributed by atoms with van der Waals surface area (Å²) >= 11 is 0. The van der Waals surface area contributed by atoms with Crippen molar-refractivity contribution >= 4 is 22.8 Å². The lowest BCUT2D eigenvalue weighted by Gasteiger charge is -2.25. The van der Waals surface area contributed by atoms with Gasteiger partial charge in [-0.15, -0.1) is 0 Å². The van der Waals surface area contributed by atoms with Crippen LogP contribution in [0.2, 0.25) is 0 Å². The summed E-state index contributed by atoms with van der Waals surface area (Å²) in [4.78, 5) is 22.8. The Morgan fingerprint density at radius 3 is 2.85 bits per heavy atom. The van der Waals surface area contributed by atoms with E-state index in [4.69, 9.17) is 5.11 Å². The minimum absolute atomic E-state index is 0.0219. The van der Waals surface area contributed by atoms with Gasteiger partial charge in [0.1, 0.15) is 0 Å². The number of carbonyl (C=O) groups is 2. The van der Waals surface area contributed by atoms with Crippen LogP contribution in [-0.4, -0.2) is 32.7 Å². The van der Waals surface area contributed by atoms with E-state index in [-0.39, 0.29) is 12.3 Å². The molecule has 0 aliphatic carbocycles. The molecule has 2 aromatic rings. The van der Waals surface area contributed by atoms with E-state index in [0.717, 1.165) is 10.9 Å². The largest absolute Gasteiger partial charge is 0.481 e. The van der Waals surface area contributed by atoms with Crippen LogP contribution in [0.5, 0.6) is 0 Å². The summed E-state index contributed by atoms with van der Waals surface area (Å²) in [6, 6.07) is 5.26. The van der Waals surface area contributed by atoms with Gasteiger partial charge in [0.2, 0.25) is 0 Å². The van der Waals surface area contributed by atoms with Crippen molar-refractivity contribution in [3.8, 4) is 0 Å². The molecule has 0 saturated heterocycles. The van der Waals surface area contributed by atoms with Crippen LogP contribution in [0, 0.1) is 0 Å². The molecule has 0 fully saturated rings. The van der Waals surface area contributed by atoms with Gasteiger partial charge in [0.15, 0.2) is 0 Å². The number of fused-ring (bicyclic) bond motifs is 1. The van der Waals surface area contributed by atoms with Gasteiger partial charge in [-0.1, -0.05) is 0 Å². The van der Waals surface area contributed by atoms with Crippen LogP contribution in [0.15, 0.2) is 24.4 Å². The van der Waals surface area contributed by atoms with Gasteiger partial charge in [-0.05, 0) is 38.5 Å². The number of hydrogen-bond donors (Lipinski definition) is 3. The Hall–Kier alpha value is -2.37. The zero-order chi connectivity index (χ0) is 14.8. The second-order valence-electron chi connectivity index (χ2n) is 5.40. The van der Waals surface area contributed by atoms with Gasteiger partial charge in [0, 0.05) is 22.9 Å². The first kappa shape index (κ1) is 14.0. The standard InChI is InChI=1S/C14H17N3O3/c1-14(2,6-5-12(18)19)16-13(20)9-3-4-11-10(7-9)8-15-17-11/h3-4,7-8H,5-6H2,1-2H3,(H,15,17)(H,16,20)(H,18,19). The first-order chi connectivity index (χ1) is 9.37. The fourth-order valence-electron chi connectivity index (χ4n) is 1.95. The molecule has 1 aromatic carbocycles. The maximum Gasteiger partial charge on any atom is 0.303 e. The quantitative estimate of drug-likeness (QED) is 0.777. The number of amides is 1. The van der Waals surface area contributed by atoms with Crippen molar-refractivity contribution in [3.05, 3.63) is 30.0 Å². The third-order valence-corrected chi connectivity index (χ3v) is 3.12. The van der Waals surface area contributed by atoms with Gasteiger partial charge < -0.3 is 10.4 Å². The monoisotopic (exact) mass is 275 g/mol. The average molecular weight is 275 g/mol. The van der Waals surface area contributed by atoms with Crippen molar-refractivity contribution in [1.82, 2.24) is 15.5 Å². The van der Waals surface area contributed by atoms with Gasteiger partial charge in [-0.25, -0.2) is 0 Å². The molecule has 0 aliphatic heterocycles. The van der Waals surface area contributed by atoms with E-state index in [1.165, 1.54) is 0 Å². The molecule has 1 aromatic heterocycles. The summed E-state index contributed by atoms with van der Waals surface area (Å²) in [6.07, 6.45) is 2.05. The number of carboxylic acids is 1. The van der Waals surface area contributed by atoms with Crippen LogP contribution in [0.25, 0.3) is 10.9 Å². The number of rotatable bonds is 5. The number of nitrogens with one attached hydrogen (secondary N) is 2. The van der Waals surface area contributed by atoms with E-state index < -0.39 is 11.5 Å². The third-order valence-electron chi connectivity index (χ3n) is 3.12. The molecule has 0 saturated carbocycles. The Balaban J connectivity index is 2.08. The van der Waals surface area contributed by atoms with E-state index in [1.807, 2.05) is 13.8 Å². The predicted molar refractivity (Wildman–Crippen MR) is 74.5 cm³/mol. The van der Waals surface area contributed by atoms with Crippen LogP contribution in [-0.2, 0) is 4.79 Å². The molecular weight excluding hydrogens is 258 g/mol. The maximum absolute atomic E-state index is 12.2. The third kappa shape index (κ3) is 3.34. The second kappa shape index (κ2) is 5.32. The maximum atomic E-state index is 12.2. The fourth-order valence-corrected chi connectivity index (χ4v) is 1.95. The van der Waals surface area contributed by atoms with Gasteiger partial charge in [0.25, 0.3) is 5.91 Å². The number of carboxylic acid groups (broad SMARTS) is 1. The van der Waals surface area contributed by atoms with Crippen molar-refractivity contribution in [1.29, 1.82) is 0 Å². The number of benzene rings is 1. The van der Waals surface area contributed by atoms with Crippen LogP contribution in [0.3, 0.4) is 0 Å². The van der Waals surface area contributed by atoms with E-state index in [9.17, 15) is 9.59 Å². The van der Waals surface area contributed by atoms with Crippen molar-refractivity contribution in [2.45, 2.75) is 32.2 Å². The molecule has 106 valence electrons. The minimum atomic E-state index is -0.868. The minimum Gasteiger partial charge on any atom is -0.481 e. The highest BCUT2D eigenvalue weighted by Gasteiger charge is 2.22. The summed E-state index contributed by atoms with van der Waals surface area (Å²) in [7, 11) is 0. The summed E-state index contributed by atoms with van der Waals surface area (Å²) in [5, 5.41) is 19.1. The number of hydrogen-bond acceptors (Lipinski definition) is 3. The topological polar surface area (TPSA) is 95.1 Å². The Morgan fingerprint density at radius 1 is 1.40 bits per heavy atom. The van der Waals surface area contributed by atoms with Gasteiger partial charge in [0.05, 0.1) is 11.7 Å². The van der Waals surface area contributed by atoms with E-state index in [0.29, 0.717) is 12.0 Å². The number of carbonyl (C=O) groups excluding carboxylic acids is 1.